The summed E-state index contributed by atoms with van der Waals surface area (Å²) in [5.41, 5.74) is -0.336. The zero-order valence-electron chi connectivity index (χ0n) is 17.5. The van der Waals surface area contributed by atoms with Crippen molar-refractivity contribution >= 4 is 32.9 Å². The standard InChI is InChI=1S/C21H21N3O7S/c1-13-17(18-19(31-13)22-12-23(2)20(18)26)21(27)30-11-16(25)14-5-7-15(8-6-14)32(28,29)24-9-3-4-10-24/h5-8,12H,3-4,9-11H2,1-2H3. The number of rotatable bonds is 6. The Hall–Kier alpha value is -3.31. The van der Waals surface area contributed by atoms with E-state index in [2.05, 4.69) is 4.98 Å². The third kappa shape index (κ3) is 3.84. The van der Waals surface area contributed by atoms with Crippen LogP contribution in [0.5, 0.6) is 0 Å². The summed E-state index contributed by atoms with van der Waals surface area (Å²) in [5.74, 6) is -1.24. The average Bonchev–Trinajstić information content (AvgIpc) is 3.43. The number of sulfonamides is 1. The number of ketones is 1. The molecule has 0 amide bonds. The fraction of sp³-hybridized carbons (Fsp3) is 0.333. The molecule has 1 aromatic carbocycles. The van der Waals surface area contributed by atoms with E-state index in [1.807, 2.05) is 0 Å². The van der Waals surface area contributed by atoms with Crippen molar-refractivity contribution in [3.8, 4) is 0 Å². The van der Waals surface area contributed by atoms with E-state index in [1.54, 1.807) is 0 Å². The van der Waals surface area contributed by atoms with Crippen molar-refractivity contribution in [3.63, 3.8) is 0 Å². The van der Waals surface area contributed by atoms with Crippen molar-refractivity contribution in [2.75, 3.05) is 19.7 Å². The Morgan fingerprint density at radius 1 is 1.16 bits per heavy atom. The van der Waals surface area contributed by atoms with Crippen molar-refractivity contribution in [1.29, 1.82) is 0 Å². The van der Waals surface area contributed by atoms with Gasteiger partial charge >= 0.3 is 5.97 Å². The van der Waals surface area contributed by atoms with E-state index in [0.29, 0.717) is 13.1 Å². The second kappa shape index (κ2) is 8.32. The summed E-state index contributed by atoms with van der Waals surface area (Å²) in [6, 6.07) is 5.51. The van der Waals surface area contributed by atoms with Crippen LogP contribution in [0.15, 0.2) is 44.7 Å². The van der Waals surface area contributed by atoms with E-state index in [0.717, 1.165) is 12.8 Å². The summed E-state index contributed by atoms with van der Waals surface area (Å²) in [4.78, 5) is 41.5. The first-order valence-corrected chi connectivity index (χ1v) is 11.4. The molecule has 0 unspecified atom stereocenters. The lowest BCUT2D eigenvalue weighted by atomic mass is 10.1. The molecular weight excluding hydrogens is 438 g/mol. The summed E-state index contributed by atoms with van der Waals surface area (Å²) >= 11 is 0. The largest absolute Gasteiger partial charge is 0.454 e. The smallest absolute Gasteiger partial charge is 0.343 e. The van der Waals surface area contributed by atoms with Crippen LogP contribution in [0.1, 0.15) is 39.3 Å². The van der Waals surface area contributed by atoms with Crippen LogP contribution >= 0.6 is 0 Å². The van der Waals surface area contributed by atoms with Gasteiger partial charge in [0.05, 0.1) is 4.90 Å². The highest BCUT2D eigenvalue weighted by atomic mass is 32.2. The van der Waals surface area contributed by atoms with Crippen molar-refractivity contribution in [1.82, 2.24) is 13.9 Å². The zero-order chi connectivity index (χ0) is 23.0. The predicted octanol–water partition coefficient (Wildman–Crippen LogP) is 1.66. The van der Waals surface area contributed by atoms with E-state index >= 15 is 0 Å². The topological polar surface area (TPSA) is 129 Å². The molecule has 0 atom stereocenters. The molecule has 0 N–H and O–H groups in total. The van der Waals surface area contributed by atoms with Gasteiger partial charge in [-0.25, -0.2) is 18.2 Å². The molecule has 0 saturated carbocycles. The van der Waals surface area contributed by atoms with Crippen LogP contribution in [0.25, 0.3) is 11.1 Å². The van der Waals surface area contributed by atoms with Crippen LogP contribution in [0, 0.1) is 6.92 Å². The van der Waals surface area contributed by atoms with Gasteiger partial charge in [0, 0.05) is 25.7 Å². The number of hydrogen-bond acceptors (Lipinski definition) is 8. The highest BCUT2D eigenvalue weighted by Crippen LogP contribution is 2.23. The van der Waals surface area contributed by atoms with Crippen LogP contribution in [-0.2, 0) is 21.8 Å². The number of carbonyl (C=O) groups excluding carboxylic acids is 2. The molecule has 11 heteroatoms. The van der Waals surface area contributed by atoms with Gasteiger partial charge < -0.3 is 13.7 Å². The molecule has 0 bridgehead atoms. The molecule has 3 heterocycles. The predicted molar refractivity (Wildman–Crippen MR) is 113 cm³/mol. The van der Waals surface area contributed by atoms with E-state index in [-0.39, 0.29) is 32.9 Å². The SMILES string of the molecule is Cc1oc2ncn(C)c(=O)c2c1C(=O)OCC(=O)c1ccc(S(=O)(=O)N2CCCC2)cc1. The number of benzene rings is 1. The van der Waals surface area contributed by atoms with Crippen LogP contribution in [0.3, 0.4) is 0 Å². The van der Waals surface area contributed by atoms with Crippen molar-refractivity contribution in [3.05, 3.63) is 57.8 Å². The lowest BCUT2D eigenvalue weighted by molar-refractivity contribution is 0.0474. The second-order valence-corrected chi connectivity index (χ2v) is 9.45. The summed E-state index contributed by atoms with van der Waals surface area (Å²) in [6.45, 7) is 1.89. The summed E-state index contributed by atoms with van der Waals surface area (Å²) < 4.78 is 38.3. The Kier molecular flexibility index (Phi) is 5.70. The zero-order valence-corrected chi connectivity index (χ0v) is 18.3. The second-order valence-electron chi connectivity index (χ2n) is 7.51. The minimum Gasteiger partial charge on any atom is -0.454 e. The number of hydrogen-bond donors (Lipinski definition) is 0. The van der Waals surface area contributed by atoms with Crippen LogP contribution < -0.4 is 5.56 Å². The molecule has 0 aliphatic carbocycles. The van der Waals surface area contributed by atoms with Gasteiger partial charge in [-0.05, 0) is 44.0 Å². The molecule has 4 rings (SSSR count). The van der Waals surface area contributed by atoms with Gasteiger partial charge in [0.15, 0.2) is 12.4 Å². The summed E-state index contributed by atoms with van der Waals surface area (Å²) in [6.07, 6.45) is 2.93. The first-order valence-electron chi connectivity index (χ1n) is 9.95. The Bertz CT molecular complexity index is 1360. The molecule has 3 aromatic rings. The number of aromatic nitrogens is 2. The van der Waals surface area contributed by atoms with Gasteiger partial charge in [-0.1, -0.05) is 0 Å². The van der Waals surface area contributed by atoms with Crippen LogP contribution in [0.2, 0.25) is 0 Å². The molecule has 0 radical (unpaired) electrons. The normalized spacial score (nSPS) is 14.7. The average molecular weight is 459 g/mol. The fourth-order valence-corrected chi connectivity index (χ4v) is 5.13. The van der Waals surface area contributed by atoms with Gasteiger partial charge in [0.1, 0.15) is 23.0 Å². The third-order valence-electron chi connectivity index (χ3n) is 5.37. The molecule has 1 aliphatic heterocycles. The van der Waals surface area contributed by atoms with Crippen LogP contribution in [-0.4, -0.2) is 53.7 Å². The minimum atomic E-state index is -3.58. The quantitative estimate of drug-likeness (QED) is 0.402. The maximum Gasteiger partial charge on any atom is 0.343 e. The number of esters is 1. The first-order chi connectivity index (χ1) is 15.2. The van der Waals surface area contributed by atoms with Gasteiger partial charge in [0.25, 0.3) is 5.56 Å². The van der Waals surface area contributed by atoms with E-state index in [1.165, 1.54) is 53.4 Å². The molecule has 1 aliphatic rings. The monoisotopic (exact) mass is 459 g/mol. The third-order valence-corrected chi connectivity index (χ3v) is 7.28. The minimum absolute atomic E-state index is 0.0126. The molecule has 0 spiro atoms. The Balaban J connectivity index is 1.48. The fourth-order valence-electron chi connectivity index (χ4n) is 3.61. The van der Waals surface area contributed by atoms with Gasteiger partial charge in [-0.15, -0.1) is 0 Å². The highest BCUT2D eigenvalue weighted by Gasteiger charge is 2.27. The number of nitrogens with zero attached hydrogens (tertiary/aromatic N) is 3. The van der Waals surface area contributed by atoms with E-state index in [9.17, 15) is 22.8 Å². The maximum absolute atomic E-state index is 12.6. The Morgan fingerprint density at radius 2 is 1.81 bits per heavy atom. The van der Waals surface area contributed by atoms with Crippen molar-refractivity contribution < 1.29 is 27.2 Å². The molecule has 10 nitrogen and oxygen atoms in total. The van der Waals surface area contributed by atoms with Crippen LogP contribution in [0.4, 0.5) is 0 Å². The van der Waals surface area contributed by atoms with Crippen molar-refractivity contribution in [2.45, 2.75) is 24.7 Å². The molecule has 168 valence electrons. The molecular formula is C21H21N3O7S. The van der Waals surface area contributed by atoms with Gasteiger partial charge in [-0.3, -0.25) is 9.59 Å². The first kappa shape index (κ1) is 21.9. The summed E-state index contributed by atoms with van der Waals surface area (Å²) in [5, 5.41) is -0.0126. The van der Waals surface area contributed by atoms with E-state index in [4.69, 9.17) is 9.15 Å². The summed E-state index contributed by atoms with van der Waals surface area (Å²) in [7, 11) is -2.09. The molecule has 1 fully saturated rings. The Morgan fingerprint density at radius 3 is 2.47 bits per heavy atom. The number of Topliss-reactive ketones (excluding diaryl/α,β-unsaturated/α-hetero) is 1. The Labute approximate surface area is 183 Å². The number of aryl methyl sites for hydroxylation is 2. The van der Waals surface area contributed by atoms with Crippen molar-refractivity contribution in [2.24, 2.45) is 7.05 Å². The lowest BCUT2D eigenvalue weighted by Gasteiger charge is -2.15. The highest BCUT2D eigenvalue weighted by molar-refractivity contribution is 7.89. The number of ether oxygens (including phenoxy) is 1. The maximum atomic E-state index is 12.6. The lowest BCUT2D eigenvalue weighted by Crippen LogP contribution is -2.27. The number of carbonyl (C=O) groups is 2. The van der Waals surface area contributed by atoms with Gasteiger partial charge in [-0.2, -0.15) is 4.31 Å². The number of fused-ring (bicyclic) bond motifs is 1. The van der Waals surface area contributed by atoms with Gasteiger partial charge in [0.2, 0.25) is 15.7 Å². The number of furan rings is 1. The molecule has 1 saturated heterocycles. The molecule has 32 heavy (non-hydrogen) atoms. The van der Waals surface area contributed by atoms with E-state index < -0.39 is 33.9 Å². The molecule has 2 aromatic heterocycles.